The number of hydrogen-bond donors (Lipinski definition) is 0. The van der Waals surface area contributed by atoms with Gasteiger partial charge in [0, 0.05) is 11.6 Å². The molecule has 0 aliphatic heterocycles. The van der Waals surface area contributed by atoms with Gasteiger partial charge in [-0.15, -0.1) is 11.6 Å². The Bertz CT molecular complexity index is 200. The smallest absolute Gasteiger partial charge is 0.150 e. The number of unbranched alkanes of at least 4 members (excludes halogenated alkanes) is 3. The number of rotatable bonds is 8. The van der Waals surface area contributed by atoms with E-state index >= 15 is 0 Å². The molecule has 0 atom stereocenters. The van der Waals surface area contributed by atoms with Crippen molar-refractivity contribution in [1.29, 1.82) is 0 Å². The second kappa shape index (κ2) is 7.63. The molecule has 0 fully saturated rings. The highest BCUT2D eigenvalue weighted by Gasteiger charge is 2.07. The maximum absolute atomic E-state index is 11.2. The van der Waals surface area contributed by atoms with Crippen LogP contribution in [0.1, 0.15) is 39.0 Å². The second-order valence-corrected chi connectivity index (χ2v) is 5.94. The summed E-state index contributed by atoms with van der Waals surface area (Å²) in [6.07, 6.45) is 4.54. The highest BCUT2D eigenvalue weighted by atomic mass is 35.5. The van der Waals surface area contributed by atoms with Crippen LogP contribution in [-0.4, -0.2) is 25.8 Å². The minimum Gasteiger partial charge on any atom is -0.229 e. The predicted molar refractivity (Wildman–Crippen MR) is 58.1 cm³/mol. The summed E-state index contributed by atoms with van der Waals surface area (Å²) in [6.45, 7) is 1.89. The van der Waals surface area contributed by atoms with Gasteiger partial charge in [-0.2, -0.15) is 0 Å². The molecule has 0 heterocycles. The van der Waals surface area contributed by atoms with Crippen molar-refractivity contribution < 1.29 is 8.42 Å². The number of alkyl halides is 1. The summed E-state index contributed by atoms with van der Waals surface area (Å²) in [5.41, 5.74) is 0. The molecule has 4 heteroatoms. The van der Waals surface area contributed by atoms with Crippen molar-refractivity contribution >= 4 is 21.4 Å². The molecular weight excluding hydrogens is 208 g/mol. The molecule has 0 unspecified atom stereocenters. The van der Waals surface area contributed by atoms with E-state index in [0.717, 1.165) is 32.1 Å². The van der Waals surface area contributed by atoms with Gasteiger partial charge in [0.15, 0.2) is 0 Å². The molecule has 0 radical (unpaired) electrons. The third-order valence-electron chi connectivity index (χ3n) is 1.85. The zero-order chi connectivity index (χ0) is 10.2. The molecule has 0 bridgehead atoms. The van der Waals surface area contributed by atoms with Crippen LogP contribution >= 0.6 is 11.6 Å². The Hall–Kier alpha value is 0.240. The van der Waals surface area contributed by atoms with E-state index in [9.17, 15) is 8.42 Å². The molecule has 0 spiro atoms. The first-order valence-electron chi connectivity index (χ1n) is 4.89. The van der Waals surface area contributed by atoms with Gasteiger partial charge in [-0.3, -0.25) is 0 Å². The Balaban J connectivity index is 3.41. The van der Waals surface area contributed by atoms with Gasteiger partial charge in [0.25, 0.3) is 0 Å². The van der Waals surface area contributed by atoms with Crippen LogP contribution in [0.25, 0.3) is 0 Å². The molecule has 0 rings (SSSR count). The summed E-state index contributed by atoms with van der Waals surface area (Å²) in [5.74, 6) is 1.37. The van der Waals surface area contributed by atoms with Crippen LogP contribution in [-0.2, 0) is 9.84 Å². The van der Waals surface area contributed by atoms with E-state index in [-0.39, 0.29) is 0 Å². The maximum atomic E-state index is 11.2. The molecular formula is C9H19ClO2S. The Labute approximate surface area is 86.6 Å². The van der Waals surface area contributed by atoms with E-state index in [1.807, 2.05) is 6.92 Å². The van der Waals surface area contributed by atoms with Crippen molar-refractivity contribution in [2.24, 2.45) is 0 Å². The van der Waals surface area contributed by atoms with Gasteiger partial charge in [0.1, 0.15) is 9.84 Å². The van der Waals surface area contributed by atoms with Crippen LogP contribution in [0.3, 0.4) is 0 Å². The van der Waals surface area contributed by atoms with Gasteiger partial charge in [-0.05, 0) is 19.3 Å². The monoisotopic (exact) mass is 226 g/mol. The van der Waals surface area contributed by atoms with Crippen molar-refractivity contribution in [1.82, 2.24) is 0 Å². The minimum absolute atomic E-state index is 0.336. The Kier molecular flexibility index (Phi) is 7.77. The summed E-state index contributed by atoms with van der Waals surface area (Å²) in [4.78, 5) is 0. The Morgan fingerprint density at radius 1 is 1.00 bits per heavy atom. The van der Waals surface area contributed by atoms with E-state index in [4.69, 9.17) is 11.6 Å². The molecule has 0 saturated carbocycles. The average Bonchev–Trinajstić information content (AvgIpc) is 2.04. The van der Waals surface area contributed by atoms with Gasteiger partial charge < -0.3 is 0 Å². The van der Waals surface area contributed by atoms with Crippen molar-refractivity contribution in [3.05, 3.63) is 0 Å². The zero-order valence-electron chi connectivity index (χ0n) is 8.26. The van der Waals surface area contributed by atoms with Gasteiger partial charge >= 0.3 is 0 Å². The van der Waals surface area contributed by atoms with Crippen molar-refractivity contribution in [2.45, 2.75) is 39.0 Å². The van der Waals surface area contributed by atoms with E-state index in [1.54, 1.807) is 0 Å². The summed E-state index contributed by atoms with van der Waals surface area (Å²) in [7, 11) is -2.75. The first kappa shape index (κ1) is 13.2. The average molecular weight is 227 g/mol. The van der Waals surface area contributed by atoms with Crippen molar-refractivity contribution in [2.75, 3.05) is 17.4 Å². The third-order valence-corrected chi connectivity index (χ3v) is 4.06. The van der Waals surface area contributed by atoms with Gasteiger partial charge in [-0.25, -0.2) is 8.42 Å². The lowest BCUT2D eigenvalue weighted by Gasteiger charge is -2.01. The lowest BCUT2D eigenvalue weighted by atomic mass is 10.2. The van der Waals surface area contributed by atoms with E-state index < -0.39 is 9.84 Å². The Morgan fingerprint density at radius 3 is 2.15 bits per heavy atom. The molecule has 0 aliphatic carbocycles. The van der Waals surface area contributed by atoms with Crippen LogP contribution < -0.4 is 0 Å². The predicted octanol–water partition coefficient (Wildman–Crippen LogP) is 2.61. The SMILES string of the molecule is CCCS(=O)(=O)CCCCCCCl. The van der Waals surface area contributed by atoms with Crippen LogP contribution in [0, 0.1) is 0 Å². The van der Waals surface area contributed by atoms with Crippen molar-refractivity contribution in [3.63, 3.8) is 0 Å². The molecule has 0 N–H and O–H groups in total. The van der Waals surface area contributed by atoms with Crippen LogP contribution in [0.15, 0.2) is 0 Å². The lowest BCUT2D eigenvalue weighted by Crippen LogP contribution is -2.10. The number of sulfone groups is 1. The molecule has 80 valence electrons. The largest absolute Gasteiger partial charge is 0.229 e. The normalized spacial score (nSPS) is 11.8. The fourth-order valence-corrected chi connectivity index (χ4v) is 2.84. The number of hydrogen-bond acceptors (Lipinski definition) is 2. The standard InChI is InChI=1S/C9H19ClO2S/c1-2-8-13(11,12)9-6-4-3-5-7-10/h2-9H2,1H3. The first-order chi connectivity index (χ1) is 6.12. The summed E-state index contributed by atoms with van der Waals surface area (Å²) in [5, 5.41) is 0. The zero-order valence-corrected chi connectivity index (χ0v) is 9.83. The highest BCUT2D eigenvalue weighted by molar-refractivity contribution is 7.91. The van der Waals surface area contributed by atoms with Gasteiger partial charge in [0.2, 0.25) is 0 Å². The Morgan fingerprint density at radius 2 is 1.62 bits per heavy atom. The first-order valence-corrected chi connectivity index (χ1v) is 7.24. The van der Waals surface area contributed by atoms with Gasteiger partial charge in [-0.1, -0.05) is 19.8 Å². The maximum Gasteiger partial charge on any atom is 0.150 e. The lowest BCUT2D eigenvalue weighted by molar-refractivity contribution is 0.588. The second-order valence-electron chi connectivity index (χ2n) is 3.26. The number of halogens is 1. The molecule has 0 saturated heterocycles. The molecule has 0 amide bonds. The van der Waals surface area contributed by atoms with E-state index in [1.165, 1.54) is 0 Å². The van der Waals surface area contributed by atoms with Crippen LogP contribution in [0.4, 0.5) is 0 Å². The fraction of sp³-hybridized carbons (Fsp3) is 1.00. The molecule has 0 aliphatic rings. The molecule has 0 aromatic heterocycles. The van der Waals surface area contributed by atoms with Crippen molar-refractivity contribution in [3.8, 4) is 0 Å². The van der Waals surface area contributed by atoms with E-state index in [2.05, 4.69) is 0 Å². The van der Waals surface area contributed by atoms with Gasteiger partial charge in [0.05, 0.1) is 5.75 Å². The quantitative estimate of drug-likeness (QED) is 0.471. The fourth-order valence-electron chi connectivity index (χ4n) is 1.18. The molecule has 0 aromatic carbocycles. The highest BCUT2D eigenvalue weighted by Crippen LogP contribution is 2.04. The van der Waals surface area contributed by atoms with E-state index in [0.29, 0.717) is 17.4 Å². The molecule has 2 nitrogen and oxygen atoms in total. The topological polar surface area (TPSA) is 34.1 Å². The molecule has 13 heavy (non-hydrogen) atoms. The molecule has 0 aromatic rings. The third kappa shape index (κ3) is 8.57. The van der Waals surface area contributed by atoms with Crippen LogP contribution in [0.2, 0.25) is 0 Å². The minimum atomic E-state index is -2.75. The van der Waals surface area contributed by atoms with Crippen LogP contribution in [0.5, 0.6) is 0 Å². The summed E-state index contributed by atoms with van der Waals surface area (Å²) in [6, 6.07) is 0. The summed E-state index contributed by atoms with van der Waals surface area (Å²) >= 11 is 5.50. The summed E-state index contributed by atoms with van der Waals surface area (Å²) < 4.78 is 22.5.